The van der Waals surface area contributed by atoms with Gasteiger partial charge in [0.25, 0.3) is 11.8 Å². The van der Waals surface area contributed by atoms with E-state index in [0.717, 1.165) is 0 Å². The number of ether oxygens (including phenoxy) is 3. The van der Waals surface area contributed by atoms with E-state index in [9.17, 15) is 9.59 Å². The highest BCUT2D eigenvalue weighted by atomic mass is 16.7. The van der Waals surface area contributed by atoms with Crippen LogP contribution in [-0.4, -0.2) is 78.5 Å². The maximum absolute atomic E-state index is 13.1. The zero-order valence-electron chi connectivity index (χ0n) is 15.8. The van der Waals surface area contributed by atoms with Gasteiger partial charge in [-0.25, -0.2) is 4.98 Å². The Hall–Kier alpha value is -2.49. The van der Waals surface area contributed by atoms with Gasteiger partial charge < -0.3 is 24.4 Å². The number of amides is 2. The fourth-order valence-electron chi connectivity index (χ4n) is 3.68. The number of rotatable bonds is 5. The number of hydrogen-bond acceptors (Lipinski definition) is 6. The van der Waals surface area contributed by atoms with Crippen molar-refractivity contribution in [2.75, 3.05) is 46.6 Å². The minimum atomic E-state index is -0.544. The Labute approximate surface area is 162 Å². The number of imidazole rings is 1. The zero-order chi connectivity index (χ0) is 19.6. The second kappa shape index (κ2) is 7.86. The molecule has 0 atom stereocenters. The molecule has 0 aromatic carbocycles. The van der Waals surface area contributed by atoms with Crippen LogP contribution in [0.15, 0.2) is 24.4 Å². The smallest absolute Gasteiger partial charge is 0.290 e. The lowest BCUT2D eigenvalue weighted by molar-refractivity contribution is -0.181. The summed E-state index contributed by atoms with van der Waals surface area (Å²) in [6, 6.07) is 5.40. The monoisotopic (exact) mass is 388 g/mol. The summed E-state index contributed by atoms with van der Waals surface area (Å²) in [5.74, 6) is -0.843. The normalized spacial score (nSPS) is 18.7. The van der Waals surface area contributed by atoms with Crippen molar-refractivity contribution in [3.05, 3.63) is 35.9 Å². The predicted molar refractivity (Wildman–Crippen MR) is 99.2 cm³/mol. The number of pyridine rings is 1. The topological polar surface area (TPSA) is 94.4 Å². The predicted octanol–water partition coefficient (Wildman–Crippen LogP) is 0.690. The van der Waals surface area contributed by atoms with Gasteiger partial charge in [-0.3, -0.25) is 14.0 Å². The Morgan fingerprint density at radius 2 is 2.00 bits per heavy atom. The lowest BCUT2D eigenvalue weighted by Crippen LogP contribution is -2.47. The highest BCUT2D eigenvalue weighted by Gasteiger charge is 2.41. The zero-order valence-corrected chi connectivity index (χ0v) is 15.8. The molecule has 0 bridgehead atoms. The van der Waals surface area contributed by atoms with E-state index in [1.807, 2.05) is 12.1 Å². The van der Waals surface area contributed by atoms with Crippen molar-refractivity contribution in [1.82, 2.24) is 19.6 Å². The first-order valence-electron chi connectivity index (χ1n) is 9.45. The van der Waals surface area contributed by atoms with Gasteiger partial charge in [-0.2, -0.15) is 0 Å². The summed E-state index contributed by atoms with van der Waals surface area (Å²) in [7, 11) is 1.57. The van der Waals surface area contributed by atoms with Gasteiger partial charge in [0, 0.05) is 45.8 Å². The molecule has 150 valence electrons. The first-order chi connectivity index (χ1) is 13.6. The van der Waals surface area contributed by atoms with E-state index in [0.29, 0.717) is 57.8 Å². The summed E-state index contributed by atoms with van der Waals surface area (Å²) >= 11 is 0. The molecule has 2 fully saturated rings. The highest BCUT2D eigenvalue weighted by molar-refractivity contribution is 6.02. The third-order valence-electron chi connectivity index (χ3n) is 5.17. The fourth-order valence-corrected chi connectivity index (χ4v) is 3.68. The third-order valence-corrected chi connectivity index (χ3v) is 5.17. The molecule has 2 aromatic heterocycles. The number of carbonyl (C=O) groups excluding carboxylic acids is 2. The van der Waals surface area contributed by atoms with Crippen LogP contribution >= 0.6 is 0 Å². The number of nitrogens with zero attached hydrogens (tertiary/aromatic N) is 3. The Kier molecular flexibility index (Phi) is 5.29. The van der Waals surface area contributed by atoms with Crippen molar-refractivity contribution in [3.63, 3.8) is 0 Å². The van der Waals surface area contributed by atoms with Gasteiger partial charge in [0.15, 0.2) is 11.5 Å². The molecular formula is C19H24N4O5. The number of likely N-dealkylation sites (tertiary alicyclic amines) is 1. The molecule has 9 heteroatoms. The number of hydrogen-bond donors (Lipinski definition) is 1. The SMILES string of the molecule is COCCNC(=O)c1nc(C(=O)N2CCC3(CC2)OCCO3)n2ccccc12. The first kappa shape index (κ1) is 18.9. The van der Waals surface area contributed by atoms with Gasteiger partial charge >= 0.3 is 0 Å². The van der Waals surface area contributed by atoms with Crippen molar-refractivity contribution < 1.29 is 23.8 Å². The molecule has 2 amide bonds. The average Bonchev–Trinajstić information content (AvgIpc) is 3.33. The Bertz CT molecular complexity index is 864. The van der Waals surface area contributed by atoms with E-state index in [4.69, 9.17) is 14.2 Å². The summed E-state index contributed by atoms with van der Waals surface area (Å²) in [6.07, 6.45) is 3.01. The van der Waals surface area contributed by atoms with Gasteiger partial charge in [0.2, 0.25) is 5.82 Å². The molecule has 1 N–H and O–H groups in total. The fraction of sp³-hybridized carbons (Fsp3) is 0.526. The van der Waals surface area contributed by atoms with E-state index in [2.05, 4.69) is 10.3 Å². The molecule has 0 unspecified atom stereocenters. The minimum absolute atomic E-state index is 0.204. The Morgan fingerprint density at radius 1 is 1.25 bits per heavy atom. The lowest BCUT2D eigenvalue weighted by atomic mass is 10.0. The largest absolute Gasteiger partial charge is 0.383 e. The quantitative estimate of drug-likeness (QED) is 0.758. The molecule has 28 heavy (non-hydrogen) atoms. The molecule has 9 nitrogen and oxygen atoms in total. The van der Waals surface area contributed by atoms with E-state index in [1.54, 1.807) is 28.7 Å². The number of carbonyl (C=O) groups is 2. The number of piperidine rings is 1. The molecule has 2 aliphatic rings. The molecule has 4 rings (SSSR count). The molecule has 0 radical (unpaired) electrons. The number of fused-ring (bicyclic) bond motifs is 1. The summed E-state index contributed by atoms with van der Waals surface area (Å²) in [5.41, 5.74) is 0.827. The summed E-state index contributed by atoms with van der Waals surface area (Å²) in [6.45, 7) is 3.02. The van der Waals surface area contributed by atoms with E-state index in [1.165, 1.54) is 0 Å². The number of aromatic nitrogens is 2. The average molecular weight is 388 g/mol. The van der Waals surface area contributed by atoms with E-state index in [-0.39, 0.29) is 23.3 Å². The molecule has 0 saturated carbocycles. The molecule has 0 aliphatic carbocycles. The molecule has 2 aromatic rings. The van der Waals surface area contributed by atoms with Crippen molar-refractivity contribution in [2.45, 2.75) is 18.6 Å². The van der Waals surface area contributed by atoms with Crippen LogP contribution in [0.5, 0.6) is 0 Å². The van der Waals surface area contributed by atoms with Gasteiger partial charge in [-0.15, -0.1) is 0 Å². The van der Waals surface area contributed by atoms with Crippen molar-refractivity contribution in [2.24, 2.45) is 0 Å². The van der Waals surface area contributed by atoms with Crippen molar-refractivity contribution in [3.8, 4) is 0 Å². The number of nitrogens with one attached hydrogen (secondary N) is 1. The Balaban J connectivity index is 1.55. The summed E-state index contributed by atoms with van der Waals surface area (Å²) in [5, 5.41) is 2.76. The standard InChI is InChI=1S/C19H24N4O5/c1-26-11-7-20-17(24)15-14-4-2-3-8-23(14)16(21-15)18(25)22-9-5-19(6-10-22)27-12-13-28-19/h2-4,8H,5-7,9-13H2,1H3,(H,20,24). The van der Waals surface area contributed by atoms with Crippen LogP contribution in [0.2, 0.25) is 0 Å². The van der Waals surface area contributed by atoms with Crippen molar-refractivity contribution >= 4 is 17.3 Å². The molecular weight excluding hydrogens is 364 g/mol. The maximum Gasteiger partial charge on any atom is 0.290 e. The van der Waals surface area contributed by atoms with Gasteiger partial charge in [-0.05, 0) is 12.1 Å². The second-order valence-electron chi connectivity index (χ2n) is 6.89. The minimum Gasteiger partial charge on any atom is -0.383 e. The first-order valence-corrected chi connectivity index (χ1v) is 9.45. The molecule has 2 saturated heterocycles. The third kappa shape index (κ3) is 3.48. The van der Waals surface area contributed by atoms with Gasteiger partial charge in [0.1, 0.15) is 0 Å². The van der Waals surface area contributed by atoms with Crippen LogP contribution in [0.25, 0.3) is 5.52 Å². The van der Waals surface area contributed by atoms with E-state index >= 15 is 0 Å². The maximum atomic E-state index is 13.1. The summed E-state index contributed by atoms with van der Waals surface area (Å²) < 4.78 is 18.1. The van der Waals surface area contributed by atoms with Crippen LogP contribution in [0.1, 0.15) is 33.9 Å². The van der Waals surface area contributed by atoms with Crippen LogP contribution < -0.4 is 5.32 Å². The highest BCUT2D eigenvalue weighted by Crippen LogP contribution is 2.31. The van der Waals surface area contributed by atoms with Crippen LogP contribution in [0.4, 0.5) is 0 Å². The van der Waals surface area contributed by atoms with E-state index < -0.39 is 5.79 Å². The van der Waals surface area contributed by atoms with Crippen molar-refractivity contribution in [1.29, 1.82) is 0 Å². The molecule has 4 heterocycles. The van der Waals surface area contributed by atoms with Gasteiger partial charge in [-0.1, -0.05) is 6.07 Å². The van der Waals surface area contributed by atoms with Crippen LogP contribution in [0, 0.1) is 0 Å². The van der Waals surface area contributed by atoms with Crippen LogP contribution in [0.3, 0.4) is 0 Å². The number of methoxy groups -OCH3 is 1. The molecule has 1 spiro atoms. The van der Waals surface area contributed by atoms with Gasteiger partial charge in [0.05, 0.1) is 25.3 Å². The molecule has 2 aliphatic heterocycles. The Morgan fingerprint density at radius 3 is 2.71 bits per heavy atom. The summed E-state index contributed by atoms with van der Waals surface area (Å²) in [4.78, 5) is 31.8. The van der Waals surface area contributed by atoms with Crippen LogP contribution in [-0.2, 0) is 14.2 Å². The lowest BCUT2D eigenvalue weighted by Gasteiger charge is -2.37. The second-order valence-corrected chi connectivity index (χ2v) is 6.89.